The lowest BCUT2D eigenvalue weighted by Crippen LogP contribution is -2.34. The molecule has 3 rings (SSSR count). The fraction of sp³-hybridized carbons (Fsp3) is 0.389. The average Bonchev–Trinajstić information content (AvgIpc) is 2.90. The molecule has 0 spiro atoms. The van der Waals surface area contributed by atoms with E-state index in [4.69, 9.17) is 10.4 Å². The Bertz CT molecular complexity index is 760. The molecule has 0 aliphatic carbocycles. The van der Waals surface area contributed by atoms with E-state index in [-0.39, 0.29) is 18.8 Å². The highest BCUT2D eigenvalue weighted by molar-refractivity contribution is 6.17. The molecule has 0 radical (unpaired) electrons. The minimum absolute atomic E-state index is 0.0312. The Kier molecular flexibility index (Phi) is 5.00. The van der Waals surface area contributed by atoms with E-state index in [2.05, 4.69) is 16.3 Å². The van der Waals surface area contributed by atoms with Gasteiger partial charge >= 0.3 is 0 Å². The maximum Gasteiger partial charge on any atom is 0.277 e. The number of hydrogen-bond donors (Lipinski definition) is 2. The Morgan fingerprint density at radius 3 is 2.64 bits per heavy atom. The van der Waals surface area contributed by atoms with Crippen LogP contribution in [-0.2, 0) is 9.59 Å². The fourth-order valence-corrected chi connectivity index (χ4v) is 3.17. The van der Waals surface area contributed by atoms with Crippen molar-refractivity contribution in [2.24, 2.45) is 0 Å². The maximum absolute atomic E-state index is 12.3. The van der Waals surface area contributed by atoms with Crippen LogP contribution in [0.3, 0.4) is 0 Å². The number of hydrogen-bond acceptors (Lipinski definition) is 6. The van der Waals surface area contributed by atoms with Crippen LogP contribution in [0.25, 0.3) is 0 Å². The van der Waals surface area contributed by atoms with Gasteiger partial charge in [-0.3, -0.25) is 14.5 Å². The third-order valence-electron chi connectivity index (χ3n) is 4.42. The maximum atomic E-state index is 12.3. The van der Waals surface area contributed by atoms with Gasteiger partial charge in [0.1, 0.15) is 5.70 Å². The number of imide groups is 1. The zero-order valence-corrected chi connectivity index (χ0v) is 13.9. The van der Waals surface area contributed by atoms with Crippen LogP contribution in [0, 0.1) is 11.3 Å². The van der Waals surface area contributed by atoms with E-state index in [1.807, 2.05) is 6.07 Å². The van der Waals surface area contributed by atoms with Crippen molar-refractivity contribution in [1.82, 2.24) is 4.90 Å². The molecule has 0 unspecified atom stereocenters. The van der Waals surface area contributed by atoms with Gasteiger partial charge in [0.05, 0.1) is 36.2 Å². The van der Waals surface area contributed by atoms with Gasteiger partial charge < -0.3 is 15.3 Å². The summed E-state index contributed by atoms with van der Waals surface area (Å²) >= 11 is 0. The van der Waals surface area contributed by atoms with Crippen molar-refractivity contribution in [3.63, 3.8) is 0 Å². The number of rotatable bonds is 5. The molecule has 7 heteroatoms. The van der Waals surface area contributed by atoms with E-state index in [9.17, 15) is 9.59 Å². The summed E-state index contributed by atoms with van der Waals surface area (Å²) < 4.78 is 0. The minimum atomic E-state index is -0.467. The minimum Gasteiger partial charge on any atom is -0.395 e. The first kappa shape index (κ1) is 17.0. The predicted molar refractivity (Wildman–Crippen MR) is 92.7 cm³/mol. The molecule has 130 valence electrons. The van der Waals surface area contributed by atoms with Gasteiger partial charge in [-0.1, -0.05) is 0 Å². The molecule has 1 aromatic rings. The van der Waals surface area contributed by atoms with Crippen molar-refractivity contribution in [3.05, 3.63) is 35.5 Å². The standard InChI is InChI=1S/C18H20N4O3/c19-12-13-4-5-16(21-6-2-1-3-7-21)14(10-13)20-15-11-17(24)22(8-9-23)18(15)25/h4-5,10-11,20,23H,1-3,6-9H2. The lowest BCUT2D eigenvalue weighted by atomic mass is 10.1. The van der Waals surface area contributed by atoms with Gasteiger partial charge in [0, 0.05) is 19.2 Å². The highest BCUT2D eigenvalue weighted by Gasteiger charge is 2.31. The summed E-state index contributed by atoms with van der Waals surface area (Å²) in [5.41, 5.74) is 2.19. The molecule has 1 saturated heterocycles. The van der Waals surface area contributed by atoms with Gasteiger partial charge in [0.15, 0.2) is 0 Å². The molecule has 2 amide bonds. The number of nitriles is 1. The number of benzene rings is 1. The van der Waals surface area contributed by atoms with Crippen LogP contribution in [0.4, 0.5) is 11.4 Å². The van der Waals surface area contributed by atoms with Crippen LogP contribution < -0.4 is 10.2 Å². The van der Waals surface area contributed by atoms with Crippen LogP contribution >= 0.6 is 0 Å². The number of anilines is 2. The van der Waals surface area contributed by atoms with Gasteiger partial charge in [-0.2, -0.15) is 5.26 Å². The van der Waals surface area contributed by atoms with Crippen molar-refractivity contribution in [3.8, 4) is 6.07 Å². The molecule has 25 heavy (non-hydrogen) atoms. The Labute approximate surface area is 146 Å². The molecule has 0 aromatic heterocycles. The number of aliphatic hydroxyl groups is 1. The monoisotopic (exact) mass is 340 g/mol. The number of nitrogens with zero attached hydrogens (tertiary/aromatic N) is 3. The second-order valence-corrected chi connectivity index (χ2v) is 6.09. The summed E-state index contributed by atoms with van der Waals surface area (Å²) in [5.74, 6) is -0.913. The number of aliphatic hydroxyl groups excluding tert-OH is 1. The molecule has 2 N–H and O–H groups in total. The molecule has 1 aromatic carbocycles. The molecule has 7 nitrogen and oxygen atoms in total. The largest absolute Gasteiger partial charge is 0.395 e. The number of carbonyl (C=O) groups excluding carboxylic acids is 2. The Balaban J connectivity index is 1.88. The van der Waals surface area contributed by atoms with Crippen molar-refractivity contribution >= 4 is 23.2 Å². The third-order valence-corrected chi connectivity index (χ3v) is 4.42. The van der Waals surface area contributed by atoms with Crippen molar-refractivity contribution < 1.29 is 14.7 Å². The highest BCUT2D eigenvalue weighted by Crippen LogP contribution is 2.31. The van der Waals surface area contributed by atoms with E-state index < -0.39 is 11.8 Å². The van der Waals surface area contributed by atoms with E-state index in [1.165, 1.54) is 12.5 Å². The predicted octanol–water partition coefficient (Wildman–Crippen LogP) is 1.21. The summed E-state index contributed by atoms with van der Waals surface area (Å²) in [6.07, 6.45) is 4.63. The van der Waals surface area contributed by atoms with Gasteiger partial charge in [0.2, 0.25) is 0 Å². The molecular formula is C18H20N4O3. The zero-order valence-electron chi connectivity index (χ0n) is 13.9. The lowest BCUT2D eigenvalue weighted by molar-refractivity contribution is -0.137. The third kappa shape index (κ3) is 3.49. The number of β-amino-alcohol motifs (C(OH)–C–C–N with tert-alkyl or cyclic N) is 1. The average molecular weight is 340 g/mol. The van der Waals surface area contributed by atoms with Crippen molar-refractivity contribution in [2.75, 3.05) is 36.5 Å². The number of carbonyl (C=O) groups is 2. The van der Waals surface area contributed by atoms with E-state index in [0.717, 1.165) is 36.5 Å². The van der Waals surface area contributed by atoms with Crippen molar-refractivity contribution in [1.29, 1.82) is 5.26 Å². The SMILES string of the molecule is N#Cc1ccc(N2CCCCC2)c(NC2=CC(=O)N(CCO)C2=O)c1. The summed E-state index contributed by atoms with van der Waals surface area (Å²) in [7, 11) is 0. The van der Waals surface area contributed by atoms with Gasteiger partial charge in [-0.25, -0.2) is 0 Å². The summed E-state index contributed by atoms with van der Waals surface area (Å²) in [6, 6.07) is 7.42. The Morgan fingerprint density at radius 2 is 1.96 bits per heavy atom. The first-order valence-corrected chi connectivity index (χ1v) is 8.38. The lowest BCUT2D eigenvalue weighted by Gasteiger charge is -2.31. The zero-order chi connectivity index (χ0) is 17.8. The van der Waals surface area contributed by atoms with Crippen LogP contribution in [-0.4, -0.2) is 48.1 Å². The Hall–Kier alpha value is -2.85. The quantitative estimate of drug-likeness (QED) is 0.782. The summed E-state index contributed by atoms with van der Waals surface area (Å²) in [4.78, 5) is 27.5. The van der Waals surface area contributed by atoms with E-state index in [0.29, 0.717) is 11.3 Å². The molecular weight excluding hydrogens is 320 g/mol. The van der Waals surface area contributed by atoms with Crippen LogP contribution in [0.1, 0.15) is 24.8 Å². The summed E-state index contributed by atoms with van der Waals surface area (Å²) in [5, 5.41) is 21.2. The van der Waals surface area contributed by atoms with Gasteiger partial charge in [0.25, 0.3) is 11.8 Å². The fourth-order valence-electron chi connectivity index (χ4n) is 3.17. The van der Waals surface area contributed by atoms with Crippen molar-refractivity contribution in [2.45, 2.75) is 19.3 Å². The molecule has 2 aliphatic rings. The van der Waals surface area contributed by atoms with Crippen LogP contribution in [0.5, 0.6) is 0 Å². The van der Waals surface area contributed by atoms with Gasteiger partial charge in [-0.15, -0.1) is 0 Å². The smallest absolute Gasteiger partial charge is 0.277 e. The molecule has 1 fully saturated rings. The first-order chi connectivity index (χ1) is 12.1. The van der Waals surface area contributed by atoms with Gasteiger partial charge in [-0.05, 0) is 37.5 Å². The second-order valence-electron chi connectivity index (χ2n) is 6.09. The number of piperidine rings is 1. The second kappa shape index (κ2) is 7.36. The molecule has 0 bridgehead atoms. The normalized spacial score (nSPS) is 17.5. The number of nitrogens with one attached hydrogen (secondary N) is 1. The first-order valence-electron chi connectivity index (χ1n) is 8.38. The molecule has 0 atom stereocenters. The summed E-state index contributed by atoms with van der Waals surface area (Å²) in [6.45, 7) is 1.53. The topological polar surface area (TPSA) is 96.7 Å². The Morgan fingerprint density at radius 1 is 1.20 bits per heavy atom. The molecule has 0 saturated carbocycles. The van der Waals surface area contributed by atoms with E-state index >= 15 is 0 Å². The molecule has 2 heterocycles. The van der Waals surface area contributed by atoms with Crippen LogP contribution in [0.15, 0.2) is 30.0 Å². The highest BCUT2D eigenvalue weighted by atomic mass is 16.3. The number of amides is 2. The van der Waals surface area contributed by atoms with Crippen LogP contribution in [0.2, 0.25) is 0 Å². The molecule has 2 aliphatic heterocycles. The van der Waals surface area contributed by atoms with E-state index in [1.54, 1.807) is 12.1 Å².